The van der Waals surface area contributed by atoms with Crippen LogP contribution in [0, 0.1) is 0 Å². The van der Waals surface area contributed by atoms with E-state index >= 15 is 0 Å². The Balaban J connectivity index is 1.62. The summed E-state index contributed by atoms with van der Waals surface area (Å²) in [4.78, 5) is 29.5. The lowest BCUT2D eigenvalue weighted by atomic mass is 9.84. The van der Waals surface area contributed by atoms with Gasteiger partial charge in [-0.05, 0) is 65.3 Å². The Morgan fingerprint density at radius 2 is 1.49 bits per heavy atom. The third-order valence-electron chi connectivity index (χ3n) is 12.7. The zero-order valence-electron chi connectivity index (χ0n) is 39.0. The van der Waals surface area contributed by atoms with Gasteiger partial charge in [-0.1, -0.05) is 122 Å². The number of benzene rings is 3. The second-order valence-electron chi connectivity index (χ2n) is 19.6. The number of ether oxygens (including phenoxy) is 5. The zero-order chi connectivity index (χ0) is 44.5. The Hall–Kier alpha value is -3.53. The van der Waals surface area contributed by atoms with Gasteiger partial charge in [0.2, 0.25) is 14.2 Å². The minimum atomic E-state index is -2.52. The van der Waals surface area contributed by atoms with Gasteiger partial charge in [0, 0.05) is 52.8 Å². The number of carbonyl (C=O) groups is 2. The molecule has 1 unspecified atom stereocenters. The Labute approximate surface area is 368 Å². The average molecular weight is 875 g/mol. The van der Waals surface area contributed by atoms with Gasteiger partial charge in [-0.25, -0.2) is 4.79 Å². The molecule has 0 saturated carbocycles. The maximum absolute atomic E-state index is 14.3. The highest BCUT2D eigenvalue weighted by molar-refractivity contribution is 6.77. The summed E-state index contributed by atoms with van der Waals surface area (Å²) < 4.78 is 39.1. The molecule has 0 bridgehead atoms. The summed E-state index contributed by atoms with van der Waals surface area (Å²) in [6.45, 7) is 27.5. The van der Waals surface area contributed by atoms with E-state index < -0.39 is 46.2 Å². The third-order valence-corrected chi connectivity index (χ3v) is 20.5. The minimum Gasteiger partial charge on any atom is -0.494 e. The Bertz CT molecular complexity index is 1840. The number of methoxy groups -OCH3 is 1. The summed E-state index contributed by atoms with van der Waals surface area (Å²) in [7, 11) is -2.21. The van der Waals surface area contributed by atoms with Crippen LogP contribution in [0.5, 0.6) is 5.75 Å². The van der Waals surface area contributed by atoms with E-state index in [1.807, 2.05) is 74.5 Å². The maximum Gasteiger partial charge on any atom is 0.410 e. The van der Waals surface area contributed by atoms with Gasteiger partial charge in [0.25, 0.3) is 0 Å². The highest BCUT2D eigenvalue weighted by Gasteiger charge is 2.51. The van der Waals surface area contributed by atoms with Crippen LogP contribution in [0.25, 0.3) is 0 Å². The first kappa shape index (κ1) is 48.5. The highest BCUT2D eigenvalue weighted by Crippen LogP contribution is 2.48. The Kier molecular flexibility index (Phi) is 16.9. The summed E-state index contributed by atoms with van der Waals surface area (Å²) in [6.07, 6.45) is -1.14. The van der Waals surface area contributed by atoms with E-state index in [9.17, 15) is 9.59 Å². The van der Waals surface area contributed by atoms with Crippen molar-refractivity contribution in [2.75, 3.05) is 51.9 Å². The fourth-order valence-electron chi connectivity index (χ4n) is 9.33. The largest absolute Gasteiger partial charge is 0.494 e. The van der Waals surface area contributed by atoms with Crippen molar-refractivity contribution in [3.63, 3.8) is 0 Å². The van der Waals surface area contributed by atoms with Crippen LogP contribution in [-0.2, 0) is 40.2 Å². The number of piperidine rings is 1. The van der Waals surface area contributed by atoms with Crippen molar-refractivity contribution in [2.45, 2.75) is 140 Å². The predicted molar refractivity (Wildman–Crippen MR) is 250 cm³/mol. The molecule has 1 fully saturated rings. The molecule has 2 aliphatic heterocycles. The maximum atomic E-state index is 14.3. The zero-order valence-corrected chi connectivity index (χ0v) is 41.0. The molecule has 0 aromatic heterocycles. The topological polar surface area (TPSA) is 105 Å². The summed E-state index contributed by atoms with van der Waals surface area (Å²) >= 11 is 0. The molecule has 2 aliphatic rings. The average Bonchev–Trinajstić information content (AvgIpc) is 3.45. The number of carbonyl (C=O) groups excluding carboxylic acids is 2. The van der Waals surface area contributed by atoms with Crippen LogP contribution >= 0.6 is 0 Å². The van der Waals surface area contributed by atoms with Crippen LogP contribution in [0.1, 0.15) is 96.1 Å². The number of hydrogen-bond donors (Lipinski definition) is 1. The first-order valence-electron chi connectivity index (χ1n) is 22.4. The van der Waals surface area contributed by atoms with E-state index in [-0.39, 0.29) is 31.6 Å². The number of likely N-dealkylation sites (tertiary alicyclic amines) is 1. The molecule has 3 aromatic rings. The first-order chi connectivity index (χ1) is 28.9. The van der Waals surface area contributed by atoms with E-state index in [0.29, 0.717) is 43.0 Å². The molecule has 10 nitrogen and oxygen atoms in total. The van der Waals surface area contributed by atoms with Gasteiger partial charge in [-0.15, -0.1) is 0 Å². The molecule has 0 radical (unpaired) electrons. The number of hydrogen-bond acceptors (Lipinski definition) is 8. The Morgan fingerprint density at radius 3 is 2.11 bits per heavy atom. The van der Waals surface area contributed by atoms with Crippen molar-refractivity contribution in [3.05, 3.63) is 95.1 Å². The predicted octanol–water partition coefficient (Wildman–Crippen LogP) is 11.1. The van der Waals surface area contributed by atoms with Crippen molar-refractivity contribution in [3.8, 4) is 5.75 Å². The van der Waals surface area contributed by atoms with Crippen molar-refractivity contribution in [1.29, 1.82) is 0 Å². The van der Waals surface area contributed by atoms with Gasteiger partial charge in [0.1, 0.15) is 18.5 Å². The molecule has 12 heteroatoms. The molecule has 1 saturated heterocycles. The standard InChI is InChI=1S/C49H74N2O8Si2/c1-34(2)61(35(3)4,36(5)6)59-43-31-51(48(53)57-32-37-18-14-13-15-19-37)30-42(45(43)38-22-24-39(25-23-38)56-27-17-26-54-9)58-44(33-55-28-29-60(10,11)12)40-20-16-21-41-46(40)50-47(52)49(41,7)8/h13-16,18-25,34-36,42-45H,17,26-33H2,1-12H3,(H,50,52)/t42-,43+,44?,45+/m0/s1. The molecular formula is C49H74N2O8Si2. The SMILES string of the molecule is COCCCOc1ccc([C@@H]2[C@@H](OC(COCC[Si](C)(C)C)c3cccc4c3NC(=O)C4(C)C)CN(C(=O)OCc3ccccc3)C[C@H]2O[Si](C(C)C)(C(C)C)C(C)C)cc1. The van der Waals surface area contributed by atoms with Gasteiger partial charge < -0.3 is 38.3 Å². The van der Waals surface area contributed by atoms with Crippen molar-refractivity contribution in [2.24, 2.45) is 0 Å². The molecule has 0 spiro atoms. The molecule has 0 aliphatic carbocycles. The van der Waals surface area contributed by atoms with Crippen LogP contribution in [0.3, 0.4) is 0 Å². The number of para-hydroxylation sites is 1. The summed E-state index contributed by atoms with van der Waals surface area (Å²) in [6, 6.07) is 25.1. The summed E-state index contributed by atoms with van der Waals surface area (Å²) in [5.41, 5.74) is 4.75. The number of fused-ring (bicyclic) bond motifs is 1. The molecule has 4 atom stereocenters. The quantitative estimate of drug-likeness (QED) is 0.0833. The number of rotatable bonds is 21. The molecule has 3 aromatic carbocycles. The van der Waals surface area contributed by atoms with Gasteiger partial charge >= 0.3 is 6.09 Å². The van der Waals surface area contributed by atoms with E-state index in [0.717, 1.165) is 46.2 Å². The minimum absolute atomic E-state index is 0.0495. The molecule has 2 amide bonds. The lowest BCUT2D eigenvalue weighted by Gasteiger charge is -2.50. The van der Waals surface area contributed by atoms with Crippen LogP contribution in [0.2, 0.25) is 42.3 Å². The summed E-state index contributed by atoms with van der Waals surface area (Å²) in [5, 5.41) is 3.21. The number of nitrogens with zero attached hydrogens (tertiary/aromatic N) is 1. The van der Waals surface area contributed by atoms with Crippen LogP contribution < -0.4 is 10.1 Å². The number of anilines is 1. The fraction of sp³-hybridized carbons (Fsp3) is 0.592. The van der Waals surface area contributed by atoms with E-state index in [1.54, 1.807) is 12.0 Å². The van der Waals surface area contributed by atoms with Crippen LogP contribution in [0.4, 0.5) is 10.5 Å². The van der Waals surface area contributed by atoms with Gasteiger partial charge in [-0.3, -0.25) is 4.79 Å². The molecule has 2 heterocycles. The highest BCUT2D eigenvalue weighted by atomic mass is 28.4. The monoisotopic (exact) mass is 874 g/mol. The molecule has 5 rings (SSSR count). The number of nitrogens with one attached hydrogen (secondary N) is 1. The van der Waals surface area contributed by atoms with E-state index in [1.165, 1.54) is 0 Å². The Morgan fingerprint density at radius 1 is 0.836 bits per heavy atom. The smallest absolute Gasteiger partial charge is 0.410 e. The lowest BCUT2D eigenvalue weighted by molar-refractivity contribution is -0.119. The fourth-order valence-corrected chi connectivity index (χ4v) is 15.6. The molecule has 1 N–H and O–H groups in total. The van der Waals surface area contributed by atoms with Crippen molar-refractivity contribution < 1.29 is 37.7 Å². The van der Waals surface area contributed by atoms with Crippen molar-refractivity contribution >= 4 is 34.1 Å². The van der Waals surface area contributed by atoms with Crippen molar-refractivity contribution in [1.82, 2.24) is 4.90 Å². The number of amides is 2. The third kappa shape index (κ3) is 11.9. The molecule has 61 heavy (non-hydrogen) atoms. The van der Waals surface area contributed by atoms with E-state index in [2.05, 4.69) is 78.6 Å². The normalized spacial score (nSPS) is 19.6. The molecule has 336 valence electrons. The second kappa shape index (κ2) is 21.2. The van der Waals surface area contributed by atoms with Gasteiger partial charge in [-0.2, -0.15) is 0 Å². The summed E-state index contributed by atoms with van der Waals surface area (Å²) in [5.74, 6) is 0.460. The molecular weight excluding hydrogens is 801 g/mol. The first-order valence-corrected chi connectivity index (χ1v) is 28.3. The lowest BCUT2D eigenvalue weighted by Crippen LogP contribution is -2.60. The second-order valence-corrected chi connectivity index (χ2v) is 30.6. The van der Waals surface area contributed by atoms with Gasteiger partial charge in [0.05, 0.1) is 43.1 Å². The van der Waals surface area contributed by atoms with Crippen LogP contribution in [-0.4, -0.2) is 92.1 Å². The van der Waals surface area contributed by atoms with E-state index in [4.69, 9.17) is 28.1 Å². The van der Waals surface area contributed by atoms with Gasteiger partial charge in [0.15, 0.2) is 0 Å². The van der Waals surface area contributed by atoms with Crippen LogP contribution in [0.15, 0.2) is 72.8 Å².